The molecule has 0 bridgehead atoms. The number of carbonyl (C=O) groups is 2. The average molecular weight is 342 g/mol. The molecule has 1 aromatic carbocycles. The summed E-state index contributed by atoms with van der Waals surface area (Å²) < 4.78 is 5.41. The minimum Gasteiger partial charge on any atom is -0.496 e. The number of carbonyl (C=O) groups excluding carboxylic acids is 2. The summed E-state index contributed by atoms with van der Waals surface area (Å²) in [6.07, 6.45) is 4.75. The lowest BCUT2D eigenvalue weighted by atomic mass is 10.0. The van der Waals surface area contributed by atoms with Crippen LogP contribution < -0.4 is 10.1 Å². The molecule has 1 aromatic rings. The van der Waals surface area contributed by atoms with Gasteiger partial charge in [-0.1, -0.05) is 18.2 Å². The topological polar surface area (TPSA) is 58.6 Å². The van der Waals surface area contributed by atoms with Crippen LogP contribution in [0.4, 0.5) is 0 Å². The summed E-state index contributed by atoms with van der Waals surface area (Å²) >= 11 is 0. The first-order valence-corrected chi connectivity index (χ1v) is 9.39. The van der Waals surface area contributed by atoms with Gasteiger partial charge in [-0.15, -0.1) is 0 Å². The number of likely N-dealkylation sites (tertiary alicyclic amines) is 1. The molecule has 25 heavy (non-hydrogen) atoms. The molecule has 0 aromatic heterocycles. The van der Waals surface area contributed by atoms with Crippen LogP contribution >= 0.6 is 0 Å². The van der Waals surface area contributed by atoms with Gasteiger partial charge in [-0.05, 0) is 49.7 Å². The van der Waals surface area contributed by atoms with Crippen molar-refractivity contribution in [2.75, 3.05) is 20.2 Å². The van der Waals surface area contributed by atoms with Gasteiger partial charge in [0.2, 0.25) is 11.8 Å². The van der Waals surface area contributed by atoms with Crippen molar-refractivity contribution in [3.05, 3.63) is 29.8 Å². The van der Waals surface area contributed by atoms with Crippen LogP contribution in [0.25, 0.3) is 0 Å². The van der Waals surface area contributed by atoms with Crippen molar-refractivity contribution >= 4 is 11.8 Å². The summed E-state index contributed by atoms with van der Waals surface area (Å²) in [4.78, 5) is 26.6. The highest BCUT2D eigenvalue weighted by molar-refractivity contribution is 5.83. The Labute approximate surface area is 148 Å². The number of rotatable bonds is 5. The number of piperidine rings is 1. The Balaban J connectivity index is 1.27. The number of nitrogens with one attached hydrogen (secondary N) is 1. The number of methoxy groups -OCH3 is 1. The zero-order valence-corrected chi connectivity index (χ0v) is 14.7. The summed E-state index contributed by atoms with van der Waals surface area (Å²) in [5, 5.41) is 3.20. The van der Waals surface area contributed by atoms with Gasteiger partial charge in [0.25, 0.3) is 0 Å². The fourth-order valence-corrected chi connectivity index (χ4v) is 3.94. The van der Waals surface area contributed by atoms with Crippen molar-refractivity contribution < 1.29 is 14.3 Å². The highest BCUT2D eigenvalue weighted by atomic mass is 16.5. The molecule has 0 radical (unpaired) electrons. The van der Waals surface area contributed by atoms with Gasteiger partial charge in [-0.25, -0.2) is 0 Å². The van der Waals surface area contributed by atoms with E-state index in [1.54, 1.807) is 7.11 Å². The fraction of sp³-hybridized carbons (Fsp3) is 0.600. The number of ether oxygens (including phenoxy) is 1. The number of amides is 2. The summed E-state index contributed by atoms with van der Waals surface area (Å²) in [7, 11) is 1.67. The molecule has 4 rings (SSSR count). The van der Waals surface area contributed by atoms with E-state index in [-0.39, 0.29) is 23.8 Å². The third-order valence-electron chi connectivity index (χ3n) is 5.75. The number of nitrogens with zero attached hydrogens (tertiary/aromatic N) is 1. The average Bonchev–Trinajstić information content (AvgIpc) is 3.55. The second-order valence-corrected chi connectivity index (χ2v) is 7.57. The van der Waals surface area contributed by atoms with Crippen LogP contribution in [0.15, 0.2) is 24.3 Å². The van der Waals surface area contributed by atoms with E-state index in [1.807, 2.05) is 23.1 Å². The molecule has 0 unspecified atom stereocenters. The Morgan fingerprint density at radius 1 is 1.12 bits per heavy atom. The molecule has 1 heterocycles. The molecule has 3 aliphatic rings. The van der Waals surface area contributed by atoms with Gasteiger partial charge in [0.1, 0.15) is 5.75 Å². The fourth-order valence-electron chi connectivity index (χ4n) is 3.94. The van der Waals surface area contributed by atoms with Gasteiger partial charge in [-0.2, -0.15) is 0 Å². The molecular weight excluding hydrogens is 316 g/mol. The van der Waals surface area contributed by atoms with Crippen LogP contribution in [0.1, 0.15) is 43.6 Å². The van der Waals surface area contributed by atoms with Gasteiger partial charge in [0, 0.05) is 31.0 Å². The minimum absolute atomic E-state index is 0.0578. The predicted octanol–water partition coefficient (Wildman–Crippen LogP) is 2.32. The van der Waals surface area contributed by atoms with Gasteiger partial charge < -0.3 is 15.0 Å². The molecule has 2 saturated carbocycles. The van der Waals surface area contributed by atoms with Crippen LogP contribution in [0.2, 0.25) is 0 Å². The summed E-state index contributed by atoms with van der Waals surface area (Å²) in [6.45, 7) is 1.56. The van der Waals surface area contributed by atoms with E-state index in [4.69, 9.17) is 4.74 Å². The standard InChI is InChI=1S/C20H26N2O3/c1-25-18-5-3-2-4-15(18)16-12-17(16)19(23)21-14-8-10-22(11-9-14)20(24)13-6-7-13/h2-5,13-14,16-17H,6-12H2,1H3,(H,21,23)/t16-,17-/m0/s1. The van der Waals surface area contributed by atoms with E-state index in [0.29, 0.717) is 11.8 Å². The molecule has 2 aliphatic carbocycles. The molecule has 134 valence electrons. The van der Waals surface area contributed by atoms with Crippen molar-refractivity contribution in [2.24, 2.45) is 11.8 Å². The predicted molar refractivity (Wildman–Crippen MR) is 94.3 cm³/mol. The first-order chi connectivity index (χ1) is 12.2. The molecule has 3 fully saturated rings. The zero-order valence-electron chi connectivity index (χ0n) is 14.7. The van der Waals surface area contributed by atoms with Gasteiger partial charge in [0.05, 0.1) is 7.11 Å². The van der Waals surface area contributed by atoms with Crippen molar-refractivity contribution in [1.82, 2.24) is 10.2 Å². The zero-order chi connectivity index (χ0) is 17.4. The molecule has 5 heteroatoms. The SMILES string of the molecule is COc1ccccc1[C@@H]1C[C@@H]1C(=O)NC1CCN(C(=O)C2CC2)CC1. The highest BCUT2D eigenvalue weighted by Crippen LogP contribution is 2.50. The lowest BCUT2D eigenvalue weighted by molar-refractivity contribution is -0.133. The molecule has 5 nitrogen and oxygen atoms in total. The van der Waals surface area contributed by atoms with Crippen LogP contribution in [0.3, 0.4) is 0 Å². The smallest absolute Gasteiger partial charge is 0.225 e. The number of para-hydroxylation sites is 1. The summed E-state index contributed by atoms with van der Waals surface area (Å²) in [5.74, 6) is 1.97. The van der Waals surface area contributed by atoms with E-state index < -0.39 is 0 Å². The molecule has 2 amide bonds. The third kappa shape index (κ3) is 3.51. The second kappa shape index (κ2) is 6.70. The largest absolute Gasteiger partial charge is 0.496 e. The van der Waals surface area contributed by atoms with Crippen molar-refractivity contribution in [3.63, 3.8) is 0 Å². The quantitative estimate of drug-likeness (QED) is 0.893. The van der Waals surface area contributed by atoms with Crippen LogP contribution in [0.5, 0.6) is 5.75 Å². The first-order valence-electron chi connectivity index (χ1n) is 9.39. The Morgan fingerprint density at radius 2 is 1.84 bits per heavy atom. The lowest BCUT2D eigenvalue weighted by Gasteiger charge is -2.32. The number of benzene rings is 1. The van der Waals surface area contributed by atoms with Crippen molar-refractivity contribution in [2.45, 2.75) is 44.1 Å². The number of hydrogen-bond donors (Lipinski definition) is 1. The van der Waals surface area contributed by atoms with Gasteiger partial charge >= 0.3 is 0 Å². The third-order valence-corrected chi connectivity index (χ3v) is 5.75. The van der Waals surface area contributed by atoms with E-state index in [2.05, 4.69) is 11.4 Å². The molecule has 1 aliphatic heterocycles. The monoisotopic (exact) mass is 342 g/mol. The Hall–Kier alpha value is -2.04. The molecule has 1 saturated heterocycles. The molecular formula is C20H26N2O3. The molecule has 0 spiro atoms. The Kier molecular flexibility index (Phi) is 4.40. The Bertz CT molecular complexity index is 663. The van der Waals surface area contributed by atoms with Crippen molar-refractivity contribution in [1.29, 1.82) is 0 Å². The van der Waals surface area contributed by atoms with Crippen LogP contribution in [-0.4, -0.2) is 43.0 Å². The van der Waals surface area contributed by atoms with E-state index in [0.717, 1.165) is 56.5 Å². The maximum atomic E-state index is 12.6. The minimum atomic E-state index is 0.0578. The lowest BCUT2D eigenvalue weighted by Crippen LogP contribution is -2.47. The maximum absolute atomic E-state index is 12.6. The highest BCUT2D eigenvalue weighted by Gasteiger charge is 2.46. The summed E-state index contributed by atoms with van der Waals surface area (Å²) in [5.41, 5.74) is 1.13. The molecule has 1 N–H and O–H groups in total. The first kappa shape index (κ1) is 16.4. The van der Waals surface area contributed by atoms with Crippen LogP contribution in [-0.2, 0) is 9.59 Å². The second-order valence-electron chi connectivity index (χ2n) is 7.57. The van der Waals surface area contributed by atoms with Crippen molar-refractivity contribution in [3.8, 4) is 5.75 Å². The molecule has 2 atom stereocenters. The van der Waals surface area contributed by atoms with Crippen LogP contribution in [0, 0.1) is 11.8 Å². The van der Waals surface area contributed by atoms with E-state index >= 15 is 0 Å². The van der Waals surface area contributed by atoms with E-state index in [1.165, 1.54) is 0 Å². The van der Waals surface area contributed by atoms with Gasteiger partial charge in [-0.3, -0.25) is 9.59 Å². The maximum Gasteiger partial charge on any atom is 0.225 e. The summed E-state index contributed by atoms with van der Waals surface area (Å²) in [6, 6.07) is 8.16. The Morgan fingerprint density at radius 3 is 2.52 bits per heavy atom. The van der Waals surface area contributed by atoms with E-state index in [9.17, 15) is 9.59 Å². The number of hydrogen-bond acceptors (Lipinski definition) is 3. The van der Waals surface area contributed by atoms with Gasteiger partial charge in [0.15, 0.2) is 0 Å². The normalized spacial score (nSPS) is 26.2.